The Hall–Kier alpha value is -2.35. The molecule has 0 aromatic heterocycles. The highest BCUT2D eigenvalue weighted by Crippen LogP contribution is 2.39. The summed E-state index contributed by atoms with van der Waals surface area (Å²) in [6.45, 7) is 0. The summed E-state index contributed by atoms with van der Waals surface area (Å²) in [5.41, 5.74) is 3.24. The molecule has 1 aliphatic heterocycles. The molecule has 0 fully saturated rings. The van der Waals surface area contributed by atoms with Crippen molar-refractivity contribution >= 4 is 39.5 Å². The van der Waals surface area contributed by atoms with Gasteiger partial charge in [-0.25, -0.2) is 5.21 Å². The van der Waals surface area contributed by atoms with Crippen molar-refractivity contribution in [3.63, 3.8) is 0 Å². The average molecular weight is 413 g/mol. The molecule has 3 aromatic rings. The number of hydrogen-bond acceptors (Lipinski definition) is 4. The van der Waals surface area contributed by atoms with E-state index in [9.17, 15) is 9.42 Å². The number of benzene rings is 3. The molecule has 0 amide bonds. The smallest absolute Gasteiger partial charge is 0.163 e. The number of hydrogen-bond donors (Lipinski definition) is 2. The zero-order valence-electron chi connectivity index (χ0n) is 14.7. The van der Waals surface area contributed by atoms with Crippen molar-refractivity contribution in [2.24, 2.45) is 4.99 Å². The van der Waals surface area contributed by atoms with Gasteiger partial charge in [-0.15, -0.1) is 0 Å². The lowest BCUT2D eigenvalue weighted by Gasteiger charge is -2.18. The van der Waals surface area contributed by atoms with Crippen LogP contribution in [-0.2, 0) is 10.8 Å². The molecule has 0 spiro atoms. The number of rotatable bonds is 3. The monoisotopic (exact) mass is 412 g/mol. The molecular formula is C21H17ClN2O3S. The van der Waals surface area contributed by atoms with E-state index in [4.69, 9.17) is 21.8 Å². The summed E-state index contributed by atoms with van der Waals surface area (Å²) in [6, 6.07) is 21.4. The van der Waals surface area contributed by atoms with Gasteiger partial charge in [0.25, 0.3) is 0 Å². The third-order valence-electron chi connectivity index (χ3n) is 4.69. The molecule has 1 heterocycles. The Kier molecular flexibility index (Phi) is 5.39. The first-order valence-corrected chi connectivity index (χ1v) is 10.3. The molecule has 1 aliphatic rings. The molecule has 0 radical (unpaired) electrons. The maximum absolute atomic E-state index is 13.4. The van der Waals surface area contributed by atoms with E-state index in [1.54, 1.807) is 12.1 Å². The number of halogens is 1. The van der Waals surface area contributed by atoms with Gasteiger partial charge in [-0.2, -0.15) is 5.23 Å². The molecule has 142 valence electrons. The van der Waals surface area contributed by atoms with Crippen molar-refractivity contribution in [2.75, 3.05) is 0 Å². The van der Waals surface area contributed by atoms with Crippen LogP contribution in [0.5, 0.6) is 0 Å². The standard InChI is InChI=1S/C21H17ClN2O3S/c22-17-6-2-1-5-16(17)19-13-21(14-9-11-15(12-10-14)24(25)26)28(27)20-8-4-3-7-18(20)23-19/h1-12,21,24-25H,13H2. The molecular weight excluding hydrogens is 396 g/mol. The van der Waals surface area contributed by atoms with E-state index in [2.05, 4.69) is 0 Å². The van der Waals surface area contributed by atoms with Crippen LogP contribution in [0.25, 0.3) is 0 Å². The van der Waals surface area contributed by atoms with Gasteiger partial charge in [0, 0.05) is 29.1 Å². The number of para-hydroxylation sites is 1. The Labute approximate surface area is 169 Å². The molecule has 0 bridgehead atoms. The van der Waals surface area contributed by atoms with Crippen LogP contribution in [-0.4, -0.2) is 15.1 Å². The number of fused-ring (bicyclic) bond motifs is 1. The Morgan fingerprint density at radius 1 is 1.04 bits per heavy atom. The van der Waals surface area contributed by atoms with E-state index in [-0.39, 0.29) is 10.9 Å². The zero-order valence-corrected chi connectivity index (χ0v) is 16.3. The fourth-order valence-corrected chi connectivity index (χ4v) is 5.06. The highest BCUT2D eigenvalue weighted by Gasteiger charge is 2.29. The first-order chi connectivity index (χ1) is 13.5. The van der Waals surface area contributed by atoms with Crippen LogP contribution in [0, 0.1) is 5.21 Å². The van der Waals surface area contributed by atoms with Crippen molar-refractivity contribution in [3.8, 4) is 0 Å². The Bertz CT molecular complexity index is 1070. The molecule has 5 nitrogen and oxygen atoms in total. The van der Waals surface area contributed by atoms with E-state index >= 15 is 0 Å². The summed E-state index contributed by atoms with van der Waals surface area (Å²) in [4.78, 5) is 5.45. The molecule has 0 saturated carbocycles. The van der Waals surface area contributed by atoms with E-state index in [1.165, 1.54) is 12.1 Å². The highest BCUT2D eigenvalue weighted by molar-refractivity contribution is 7.85. The maximum Gasteiger partial charge on any atom is 0.163 e. The minimum Gasteiger partial charge on any atom is -0.595 e. The predicted octanol–water partition coefficient (Wildman–Crippen LogP) is 4.12. The van der Waals surface area contributed by atoms with Crippen LogP contribution < -0.4 is 5.23 Å². The lowest BCUT2D eigenvalue weighted by atomic mass is 10.0. The van der Waals surface area contributed by atoms with Crippen molar-refractivity contribution in [3.05, 3.63) is 94.2 Å². The SMILES string of the molecule is O=S1c2ccccc2N=C(c2ccccc2Cl)CC1c1ccc([NH+]([O-])O)cc1. The summed E-state index contributed by atoms with van der Waals surface area (Å²) < 4.78 is 13.4. The molecule has 0 saturated heterocycles. The largest absolute Gasteiger partial charge is 0.595 e. The van der Waals surface area contributed by atoms with Crippen molar-refractivity contribution in [1.82, 2.24) is 0 Å². The molecule has 3 aromatic carbocycles. The lowest BCUT2D eigenvalue weighted by molar-refractivity contribution is -0.991. The summed E-state index contributed by atoms with van der Waals surface area (Å²) in [5.74, 6) is 0. The van der Waals surface area contributed by atoms with Crippen molar-refractivity contribution in [1.29, 1.82) is 0 Å². The van der Waals surface area contributed by atoms with E-state index < -0.39 is 16.0 Å². The summed E-state index contributed by atoms with van der Waals surface area (Å²) in [7, 11) is -1.34. The first-order valence-electron chi connectivity index (χ1n) is 8.70. The second-order valence-corrected chi connectivity index (χ2v) is 8.43. The fraction of sp³-hybridized carbons (Fsp3) is 0.0952. The van der Waals surface area contributed by atoms with E-state index in [1.807, 2.05) is 48.5 Å². The Morgan fingerprint density at radius 3 is 2.43 bits per heavy atom. The van der Waals surface area contributed by atoms with Gasteiger partial charge in [0.1, 0.15) is 0 Å². The maximum atomic E-state index is 13.4. The van der Waals surface area contributed by atoms with Crippen molar-refractivity contribution < 1.29 is 14.6 Å². The molecule has 7 heteroatoms. The zero-order chi connectivity index (χ0) is 19.7. The van der Waals surface area contributed by atoms with Gasteiger partial charge in [0.2, 0.25) is 0 Å². The van der Waals surface area contributed by atoms with Gasteiger partial charge in [0.05, 0.1) is 32.3 Å². The number of aliphatic imine (C=N–C) groups is 1. The molecule has 0 aliphatic carbocycles. The fourth-order valence-electron chi connectivity index (χ4n) is 3.26. The molecule has 28 heavy (non-hydrogen) atoms. The van der Waals surface area contributed by atoms with Gasteiger partial charge in [-0.1, -0.05) is 54.1 Å². The summed E-state index contributed by atoms with van der Waals surface area (Å²) in [6.07, 6.45) is 0.428. The molecule has 3 unspecified atom stereocenters. The van der Waals surface area contributed by atoms with Gasteiger partial charge < -0.3 is 5.21 Å². The van der Waals surface area contributed by atoms with Crippen LogP contribution in [0.1, 0.15) is 22.8 Å². The van der Waals surface area contributed by atoms with Gasteiger partial charge >= 0.3 is 0 Å². The highest BCUT2D eigenvalue weighted by atomic mass is 35.5. The molecule has 3 atom stereocenters. The third-order valence-corrected chi connectivity index (χ3v) is 6.75. The van der Waals surface area contributed by atoms with Crippen LogP contribution in [0.15, 0.2) is 82.7 Å². The molecule has 4 rings (SSSR count). The topological polar surface area (TPSA) is 77.2 Å². The Morgan fingerprint density at radius 2 is 1.71 bits per heavy atom. The minimum atomic E-state index is -1.34. The Balaban J connectivity index is 1.83. The average Bonchev–Trinajstić information content (AvgIpc) is 2.85. The third kappa shape index (κ3) is 3.65. The minimum absolute atomic E-state index is 0.198. The number of quaternary nitrogens is 1. The first kappa shape index (κ1) is 19.0. The predicted molar refractivity (Wildman–Crippen MR) is 110 cm³/mol. The van der Waals surface area contributed by atoms with E-state index in [0.717, 1.165) is 16.8 Å². The quantitative estimate of drug-likeness (QED) is 0.635. The van der Waals surface area contributed by atoms with Gasteiger partial charge in [0.15, 0.2) is 5.69 Å². The second-order valence-electron chi connectivity index (χ2n) is 6.42. The number of nitrogens with one attached hydrogen (secondary N) is 1. The second kappa shape index (κ2) is 7.95. The van der Waals surface area contributed by atoms with Crippen LogP contribution in [0.4, 0.5) is 11.4 Å². The summed E-state index contributed by atoms with van der Waals surface area (Å²) >= 11 is 6.40. The summed E-state index contributed by atoms with van der Waals surface area (Å²) in [5, 5.41) is 19.5. The van der Waals surface area contributed by atoms with Crippen LogP contribution >= 0.6 is 11.6 Å². The normalized spacial score (nSPS) is 20.0. The van der Waals surface area contributed by atoms with Crippen LogP contribution in [0.2, 0.25) is 5.02 Å². The van der Waals surface area contributed by atoms with Crippen LogP contribution in [0.3, 0.4) is 0 Å². The molecule has 2 N–H and O–H groups in total. The lowest BCUT2D eigenvalue weighted by Crippen LogP contribution is -2.99. The van der Waals surface area contributed by atoms with Crippen molar-refractivity contribution in [2.45, 2.75) is 16.6 Å². The number of nitrogens with zero attached hydrogens (tertiary/aromatic N) is 1. The van der Waals surface area contributed by atoms with Gasteiger partial charge in [-0.05, 0) is 23.8 Å². The van der Waals surface area contributed by atoms with Gasteiger partial charge in [-0.3, -0.25) is 9.20 Å². The van der Waals surface area contributed by atoms with E-state index in [0.29, 0.717) is 22.0 Å².